The Labute approximate surface area is 90.4 Å². The molecule has 0 atom stereocenters. The van der Waals surface area contributed by atoms with Crippen molar-refractivity contribution in [2.45, 2.75) is 6.42 Å². The number of aliphatic hydroxyl groups is 1. The largest absolute Gasteiger partial charge is 0.396 e. The molecule has 0 radical (unpaired) electrons. The lowest BCUT2D eigenvalue weighted by atomic mass is 10.4. The number of nitrogens with zero attached hydrogens (tertiary/aromatic N) is 1. The Morgan fingerprint density at radius 1 is 1.57 bits per heavy atom. The van der Waals surface area contributed by atoms with Gasteiger partial charge in [-0.15, -0.1) is 11.3 Å². The Hall–Kier alpha value is -0.840. The highest BCUT2D eigenvalue weighted by Crippen LogP contribution is 2.29. The minimum absolute atomic E-state index is 0.0771. The van der Waals surface area contributed by atoms with E-state index in [1.807, 2.05) is 17.5 Å². The van der Waals surface area contributed by atoms with Crippen LogP contribution in [0.25, 0.3) is 10.6 Å². The molecule has 0 saturated heterocycles. The van der Waals surface area contributed by atoms with Crippen molar-refractivity contribution in [2.24, 2.45) is 0 Å². The zero-order chi connectivity index (χ0) is 9.97. The fraction of sp³-hybridized carbons (Fsp3) is 0.222. The van der Waals surface area contributed by atoms with Crippen LogP contribution in [-0.2, 0) is 6.42 Å². The molecule has 0 spiro atoms. The lowest BCUT2D eigenvalue weighted by Gasteiger charge is -1.89. The highest BCUT2D eigenvalue weighted by atomic mass is 35.5. The van der Waals surface area contributed by atoms with Gasteiger partial charge in [0.25, 0.3) is 0 Å². The molecule has 0 amide bonds. The van der Waals surface area contributed by atoms with Crippen molar-refractivity contribution in [1.82, 2.24) is 9.97 Å². The lowest BCUT2D eigenvalue weighted by Crippen LogP contribution is -1.92. The maximum Gasteiger partial charge on any atom is 0.135 e. The molecule has 0 bridgehead atoms. The van der Waals surface area contributed by atoms with Crippen LogP contribution in [0.3, 0.4) is 0 Å². The van der Waals surface area contributed by atoms with Gasteiger partial charge >= 0.3 is 0 Å². The molecule has 0 fully saturated rings. The summed E-state index contributed by atoms with van der Waals surface area (Å²) >= 11 is 7.57. The topological polar surface area (TPSA) is 48.9 Å². The predicted molar refractivity (Wildman–Crippen MR) is 57.7 cm³/mol. The number of nitrogens with one attached hydrogen (secondary N) is 1. The van der Waals surface area contributed by atoms with Gasteiger partial charge in [0.05, 0.1) is 11.5 Å². The maximum atomic E-state index is 8.75. The summed E-state index contributed by atoms with van der Waals surface area (Å²) < 4.78 is 0. The predicted octanol–water partition coefficient (Wildman–Crippen LogP) is 2.33. The quantitative estimate of drug-likeness (QED) is 0.847. The minimum atomic E-state index is 0.0771. The summed E-state index contributed by atoms with van der Waals surface area (Å²) in [7, 11) is 0. The summed E-state index contributed by atoms with van der Waals surface area (Å²) in [5.74, 6) is 0.723. The van der Waals surface area contributed by atoms with E-state index < -0.39 is 0 Å². The van der Waals surface area contributed by atoms with Crippen molar-refractivity contribution in [2.75, 3.05) is 6.61 Å². The molecule has 0 aromatic carbocycles. The molecule has 2 heterocycles. The third-order valence-corrected chi connectivity index (χ3v) is 2.96. The van der Waals surface area contributed by atoms with Crippen molar-refractivity contribution in [3.8, 4) is 10.6 Å². The van der Waals surface area contributed by atoms with E-state index in [-0.39, 0.29) is 6.61 Å². The number of hydrogen-bond acceptors (Lipinski definition) is 3. The van der Waals surface area contributed by atoms with E-state index in [0.29, 0.717) is 11.6 Å². The van der Waals surface area contributed by atoms with E-state index in [0.717, 1.165) is 16.4 Å². The van der Waals surface area contributed by atoms with Gasteiger partial charge in [-0.25, -0.2) is 4.98 Å². The normalized spacial score (nSPS) is 10.7. The smallest absolute Gasteiger partial charge is 0.135 e. The van der Waals surface area contributed by atoms with Crippen molar-refractivity contribution in [1.29, 1.82) is 0 Å². The van der Waals surface area contributed by atoms with E-state index in [1.165, 1.54) is 0 Å². The number of aromatic nitrogens is 2. The van der Waals surface area contributed by atoms with Gasteiger partial charge in [-0.05, 0) is 11.4 Å². The second-order valence-electron chi connectivity index (χ2n) is 2.80. The van der Waals surface area contributed by atoms with E-state index in [2.05, 4.69) is 9.97 Å². The van der Waals surface area contributed by atoms with Crippen LogP contribution in [0.2, 0.25) is 5.15 Å². The van der Waals surface area contributed by atoms with Gasteiger partial charge in [0.2, 0.25) is 0 Å². The van der Waals surface area contributed by atoms with Crippen LogP contribution in [-0.4, -0.2) is 21.7 Å². The first-order valence-corrected chi connectivity index (χ1v) is 5.46. The number of rotatable bonds is 3. The molecule has 3 nitrogen and oxygen atoms in total. The highest BCUT2D eigenvalue weighted by Gasteiger charge is 2.10. The average molecular weight is 229 g/mol. The fourth-order valence-corrected chi connectivity index (χ4v) is 2.23. The van der Waals surface area contributed by atoms with Crippen LogP contribution in [0.1, 0.15) is 5.82 Å². The van der Waals surface area contributed by atoms with Gasteiger partial charge in [-0.3, -0.25) is 0 Å². The molecular formula is C9H9ClN2OS. The molecule has 2 N–H and O–H groups in total. The molecule has 14 heavy (non-hydrogen) atoms. The summed E-state index contributed by atoms with van der Waals surface area (Å²) in [4.78, 5) is 8.28. The monoisotopic (exact) mass is 228 g/mol. The van der Waals surface area contributed by atoms with Gasteiger partial charge in [0.1, 0.15) is 16.7 Å². The van der Waals surface area contributed by atoms with Gasteiger partial charge in [0.15, 0.2) is 0 Å². The van der Waals surface area contributed by atoms with E-state index in [4.69, 9.17) is 16.7 Å². The summed E-state index contributed by atoms with van der Waals surface area (Å²) in [5.41, 5.74) is 0.769. The molecule has 2 rings (SSSR count). The third-order valence-electron chi connectivity index (χ3n) is 1.81. The Kier molecular flexibility index (Phi) is 2.86. The lowest BCUT2D eigenvalue weighted by molar-refractivity contribution is 0.297. The number of hydrogen-bond donors (Lipinski definition) is 2. The molecule has 0 unspecified atom stereocenters. The van der Waals surface area contributed by atoms with Crippen LogP contribution in [0, 0.1) is 0 Å². The second kappa shape index (κ2) is 4.13. The van der Waals surface area contributed by atoms with Crippen molar-refractivity contribution in [3.05, 3.63) is 28.5 Å². The number of H-pyrrole nitrogens is 1. The first-order chi connectivity index (χ1) is 6.81. The van der Waals surface area contributed by atoms with Crippen molar-refractivity contribution in [3.63, 3.8) is 0 Å². The average Bonchev–Trinajstić information content (AvgIpc) is 2.74. The van der Waals surface area contributed by atoms with Gasteiger partial charge < -0.3 is 10.1 Å². The zero-order valence-electron chi connectivity index (χ0n) is 7.33. The van der Waals surface area contributed by atoms with Crippen LogP contribution in [0.15, 0.2) is 17.5 Å². The molecule has 2 aromatic heterocycles. The maximum absolute atomic E-state index is 8.75. The summed E-state index contributed by atoms with van der Waals surface area (Å²) in [6.45, 7) is 0.0771. The third kappa shape index (κ3) is 1.82. The van der Waals surface area contributed by atoms with Crippen LogP contribution < -0.4 is 0 Å². The number of halogens is 1. The Bertz CT molecular complexity index is 410. The number of aromatic amines is 1. The molecule has 74 valence electrons. The van der Waals surface area contributed by atoms with Crippen LogP contribution in [0.4, 0.5) is 0 Å². The SMILES string of the molecule is OCCc1nc(-c2cccs2)c(Cl)[nH]1. The van der Waals surface area contributed by atoms with Gasteiger partial charge in [0, 0.05) is 6.42 Å². The Morgan fingerprint density at radius 3 is 3.07 bits per heavy atom. The van der Waals surface area contributed by atoms with E-state index in [1.54, 1.807) is 11.3 Å². The number of imidazole rings is 1. The van der Waals surface area contributed by atoms with Gasteiger partial charge in [-0.2, -0.15) is 0 Å². The zero-order valence-corrected chi connectivity index (χ0v) is 8.90. The first-order valence-electron chi connectivity index (χ1n) is 4.20. The second-order valence-corrected chi connectivity index (χ2v) is 4.12. The molecule has 0 aliphatic rings. The summed E-state index contributed by atoms with van der Waals surface area (Å²) in [5, 5.41) is 11.3. The molecule has 0 aliphatic heterocycles. The molecule has 0 saturated carbocycles. The van der Waals surface area contributed by atoms with Crippen molar-refractivity contribution < 1.29 is 5.11 Å². The summed E-state index contributed by atoms with van der Waals surface area (Å²) in [6, 6.07) is 3.92. The molecule has 5 heteroatoms. The molecule has 0 aliphatic carbocycles. The number of aliphatic hydroxyl groups excluding tert-OH is 1. The van der Waals surface area contributed by atoms with E-state index in [9.17, 15) is 0 Å². The Balaban J connectivity index is 2.35. The minimum Gasteiger partial charge on any atom is -0.396 e. The Morgan fingerprint density at radius 2 is 2.43 bits per heavy atom. The first kappa shape index (κ1) is 9.71. The van der Waals surface area contributed by atoms with Gasteiger partial charge in [-0.1, -0.05) is 17.7 Å². The van der Waals surface area contributed by atoms with Crippen LogP contribution in [0.5, 0.6) is 0 Å². The van der Waals surface area contributed by atoms with Crippen LogP contribution >= 0.6 is 22.9 Å². The highest BCUT2D eigenvalue weighted by molar-refractivity contribution is 7.13. The summed E-state index contributed by atoms with van der Waals surface area (Å²) in [6.07, 6.45) is 0.505. The standard InChI is InChI=1S/C9H9ClN2OS/c10-9-8(6-2-1-5-14-6)11-7(12-9)3-4-13/h1-2,5,13H,3-4H2,(H,11,12). The van der Waals surface area contributed by atoms with E-state index >= 15 is 0 Å². The molecule has 2 aromatic rings. The molecular weight excluding hydrogens is 220 g/mol. The number of thiophene rings is 1. The van der Waals surface area contributed by atoms with Crippen molar-refractivity contribution >= 4 is 22.9 Å². The fourth-order valence-electron chi connectivity index (χ4n) is 1.20.